The predicted molar refractivity (Wildman–Crippen MR) is 71.5 cm³/mol. The zero-order valence-corrected chi connectivity index (χ0v) is 12.0. The fourth-order valence-corrected chi connectivity index (χ4v) is 3.50. The summed E-state index contributed by atoms with van der Waals surface area (Å²) in [6.45, 7) is 7.43. The summed E-state index contributed by atoms with van der Waals surface area (Å²) in [5.41, 5.74) is 0. The molecule has 17 heavy (non-hydrogen) atoms. The molecule has 102 valence electrons. The van der Waals surface area contributed by atoms with E-state index < -0.39 is 10.0 Å². The number of hydrogen-bond acceptors (Lipinski definition) is 3. The van der Waals surface area contributed by atoms with Gasteiger partial charge in [-0.15, -0.1) is 0 Å². The van der Waals surface area contributed by atoms with E-state index in [9.17, 15) is 8.42 Å². The van der Waals surface area contributed by atoms with Crippen molar-refractivity contribution in [1.29, 1.82) is 0 Å². The van der Waals surface area contributed by atoms with E-state index >= 15 is 0 Å². The molecule has 0 radical (unpaired) electrons. The molecule has 0 bridgehead atoms. The standard InChI is InChI=1S/C12H26N2O2S/c1-4-7-13-9-11(3)17(15,16)14-12-6-5-10(2)8-12/h10-14H,4-9H2,1-3H3. The summed E-state index contributed by atoms with van der Waals surface area (Å²) in [4.78, 5) is 0. The van der Waals surface area contributed by atoms with Crippen LogP contribution < -0.4 is 10.0 Å². The summed E-state index contributed by atoms with van der Waals surface area (Å²) >= 11 is 0. The fraction of sp³-hybridized carbons (Fsp3) is 1.00. The van der Waals surface area contributed by atoms with Gasteiger partial charge >= 0.3 is 0 Å². The molecule has 0 aromatic heterocycles. The first-order valence-corrected chi connectivity index (χ1v) is 8.22. The van der Waals surface area contributed by atoms with Crippen molar-refractivity contribution in [3.63, 3.8) is 0 Å². The van der Waals surface area contributed by atoms with Crippen LogP contribution in [0, 0.1) is 5.92 Å². The van der Waals surface area contributed by atoms with Gasteiger partial charge in [-0.05, 0) is 45.1 Å². The molecule has 4 nitrogen and oxygen atoms in total. The molecule has 2 N–H and O–H groups in total. The Hall–Kier alpha value is -0.130. The third-order valence-electron chi connectivity index (χ3n) is 3.41. The van der Waals surface area contributed by atoms with Crippen molar-refractivity contribution in [2.24, 2.45) is 5.92 Å². The van der Waals surface area contributed by atoms with Crippen molar-refractivity contribution < 1.29 is 8.42 Å². The van der Waals surface area contributed by atoms with Gasteiger partial charge in [0.1, 0.15) is 0 Å². The highest BCUT2D eigenvalue weighted by Gasteiger charge is 2.28. The summed E-state index contributed by atoms with van der Waals surface area (Å²) in [7, 11) is -3.16. The molecule has 0 aromatic carbocycles. The molecule has 1 fully saturated rings. The minimum absolute atomic E-state index is 0.156. The van der Waals surface area contributed by atoms with Crippen LogP contribution >= 0.6 is 0 Å². The molecule has 1 aliphatic rings. The lowest BCUT2D eigenvalue weighted by Gasteiger charge is -2.18. The van der Waals surface area contributed by atoms with E-state index in [0.29, 0.717) is 12.5 Å². The lowest BCUT2D eigenvalue weighted by molar-refractivity contribution is 0.524. The first kappa shape index (κ1) is 14.9. The van der Waals surface area contributed by atoms with Crippen molar-refractivity contribution in [3.05, 3.63) is 0 Å². The highest BCUT2D eigenvalue weighted by atomic mass is 32.2. The Kier molecular flexibility index (Phi) is 5.89. The first-order chi connectivity index (χ1) is 7.95. The third kappa shape index (κ3) is 4.94. The van der Waals surface area contributed by atoms with Crippen molar-refractivity contribution in [2.45, 2.75) is 57.7 Å². The van der Waals surface area contributed by atoms with E-state index in [4.69, 9.17) is 0 Å². The highest BCUT2D eigenvalue weighted by molar-refractivity contribution is 7.90. The maximum absolute atomic E-state index is 12.0. The van der Waals surface area contributed by atoms with E-state index in [-0.39, 0.29) is 11.3 Å². The molecule has 3 atom stereocenters. The monoisotopic (exact) mass is 262 g/mol. The second-order valence-corrected chi connectivity index (χ2v) is 7.42. The molecule has 5 heteroatoms. The average Bonchev–Trinajstić information content (AvgIpc) is 2.63. The lowest BCUT2D eigenvalue weighted by atomic mass is 10.1. The van der Waals surface area contributed by atoms with Gasteiger partial charge in [0.15, 0.2) is 0 Å². The van der Waals surface area contributed by atoms with E-state index in [2.05, 4.69) is 23.9 Å². The number of rotatable bonds is 7. The van der Waals surface area contributed by atoms with Gasteiger partial charge in [-0.3, -0.25) is 0 Å². The van der Waals surface area contributed by atoms with Gasteiger partial charge in [0.25, 0.3) is 0 Å². The van der Waals surface area contributed by atoms with E-state index in [0.717, 1.165) is 32.2 Å². The molecule has 0 aromatic rings. The Morgan fingerprint density at radius 3 is 2.59 bits per heavy atom. The van der Waals surface area contributed by atoms with Gasteiger partial charge in [-0.25, -0.2) is 13.1 Å². The maximum Gasteiger partial charge on any atom is 0.215 e. The van der Waals surface area contributed by atoms with Crippen LogP contribution in [0.3, 0.4) is 0 Å². The van der Waals surface area contributed by atoms with Gasteiger partial charge in [-0.1, -0.05) is 13.8 Å². The smallest absolute Gasteiger partial charge is 0.215 e. The molecule has 1 rings (SSSR count). The van der Waals surface area contributed by atoms with Gasteiger partial charge in [0, 0.05) is 12.6 Å². The van der Waals surface area contributed by atoms with Gasteiger partial charge < -0.3 is 5.32 Å². The van der Waals surface area contributed by atoms with E-state index in [1.165, 1.54) is 0 Å². The average molecular weight is 262 g/mol. The van der Waals surface area contributed by atoms with Crippen LogP contribution in [0.15, 0.2) is 0 Å². The molecule has 0 amide bonds. The van der Waals surface area contributed by atoms with Crippen LogP contribution in [0.4, 0.5) is 0 Å². The van der Waals surface area contributed by atoms with Crippen LogP contribution in [0.1, 0.15) is 46.5 Å². The molecule has 1 saturated carbocycles. The molecule has 0 heterocycles. The lowest BCUT2D eigenvalue weighted by Crippen LogP contribution is -2.43. The Morgan fingerprint density at radius 1 is 1.35 bits per heavy atom. The van der Waals surface area contributed by atoms with Gasteiger partial charge in [0.05, 0.1) is 5.25 Å². The van der Waals surface area contributed by atoms with E-state index in [1.807, 2.05) is 0 Å². The van der Waals surface area contributed by atoms with Crippen LogP contribution in [0.5, 0.6) is 0 Å². The van der Waals surface area contributed by atoms with Crippen molar-refractivity contribution in [3.8, 4) is 0 Å². The number of sulfonamides is 1. The summed E-state index contributed by atoms with van der Waals surface area (Å²) in [6.07, 6.45) is 4.12. The summed E-state index contributed by atoms with van der Waals surface area (Å²) in [5, 5.41) is 2.80. The van der Waals surface area contributed by atoms with E-state index in [1.54, 1.807) is 6.92 Å². The van der Waals surface area contributed by atoms with Crippen LogP contribution in [-0.4, -0.2) is 32.8 Å². The van der Waals surface area contributed by atoms with Gasteiger partial charge in [0.2, 0.25) is 10.0 Å². The molecule has 1 aliphatic carbocycles. The second kappa shape index (κ2) is 6.71. The summed E-state index contributed by atoms with van der Waals surface area (Å²) < 4.78 is 26.9. The topological polar surface area (TPSA) is 58.2 Å². The molecule has 0 aliphatic heterocycles. The number of nitrogens with one attached hydrogen (secondary N) is 2. The quantitative estimate of drug-likeness (QED) is 0.683. The van der Waals surface area contributed by atoms with Crippen molar-refractivity contribution in [1.82, 2.24) is 10.0 Å². The van der Waals surface area contributed by atoms with Crippen molar-refractivity contribution in [2.75, 3.05) is 13.1 Å². The zero-order valence-electron chi connectivity index (χ0n) is 11.2. The van der Waals surface area contributed by atoms with Crippen LogP contribution in [-0.2, 0) is 10.0 Å². The Balaban J connectivity index is 2.39. The molecule has 0 saturated heterocycles. The molecular formula is C12H26N2O2S. The third-order valence-corrected chi connectivity index (χ3v) is 5.30. The Bertz CT molecular complexity index is 316. The van der Waals surface area contributed by atoms with Crippen LogP contribution in [0.2, 0.25) is 0 Å². The molecule has 0 spiro atoms. The SMILES string of the molecule is CCCNCC(C)S(=O)(=O)NC1CCC(C)C1. The van der Waals surface area contributed by atoms with Crippen molar-refractivity contribution >= 4 is 10.0 Å². The van der Waals surface area contributed by atoms with Gasteiger partial charge in [-0.2, -0.15) is 0 Å². The Labute approximate surface area is 106 Å². The zero-order chi connectivity index (χ0) is 12.9. The molecule has 3 unspecified atom stereocenters. The summed E-state index contributed by atoms with van der Waals surface area (Å²) in [6, 6.07) is 0.156. The second-order valence-electron chi connectivity index (χ2n) is 5.29. The fourth-order valence-electron chi connectivity index (χ4n) is 2.25. The Morgan fingerprint density at radius 2 is 2.06 bits per heavy atom. The minimum atomic E-state index is -3.16. The molecular weight excluding hydrogens is 236 g/mol. The largest absolute Gasteiger partial charge is 0.315 e. The first-order valence-electron chi connectivity index (χ1n) is 6.67. The number of hydrogen-bond donors (Lipinski definition) is 2. The normalized spacial score (nSPS) is 27.2. The predicted octanol–water partition coefficient (Wildman–Crippen LogP) is 1.48. The summed E-state index contributed by atoms with van der Waals surface area (Å²) in [5.74, 6) is 0.649. The highest BCUT2D eigenvalue weighted by Crippen LogP contribution is 2.25. The van der Waals surface area contributed by atoms with Crippen LogP contribution in [0.25, 0.3) is 0 Å². The maximum atomic E-state index is 12.0. The minimum Gasteiger partial charge on any atom is -0.315 e.